The summed E-state index contributed by atoms with van der Waals surface area (Å²) in [4.78, 5) is 0. The van der Waals surface area contributed by atoms with Crippen molar-refractivity contribution < 1.29 is 19.9 Å². The Morgan fingerprint density at radius 1 is 1.05 bits per heavy atom. The normalized spacial score (nSPS) is 14.2. The van der Waals surface area contributed by atoms with E-state index in [4.69, 9.17) is 4.42 Å². The maximum Gasteiger partial charge on any atom is 0.158 e. The fourth-order valence-corrected chi connectivity index (χ4v) is 2.04. The molecule has 0 fully saturated rings. The minimum Gasteiger partial charge on any atom is -0.455 e. The van der Waals surface area contributed by atoms with Gasteiger partial charge in [0.15, 0.2) is 5.76 Å². The van der Waals surface area contributed by atoms with Gasteiger partial charge in [0.05, 0.1) is 12.2 Å². The predicted molar refractivity (Wildman–Crippen MR) is 77.0 cm³/mol. The van der Waals surface area contributed by atoms with Gasteiger partial charge in [-0.3, -0.25) is 0 Å². The van der Waals surface area contributed by atoms with E-state index >= 15 is 0 Å². The Labute approximate surface area is 119 Å². The van der Waals surface area contributed by atoms with Gasteiger partial charge in [-0.05, 0) is 31.5 Å². The van der Waals surface area contributed by atoms with Crippen LogP contribution in [-0.2, 0) is 6.54 Å². The molecule has 1 heterocycles. The van der Waals surface area contributed by atoms with Crippen molar-refractivity contribution in [3.8, 4) is 11.3 Å². The van der Waals surface area contributed by atoms with E-state index in [2.05, 4.69) is 0 Å². The van der Waals surface area contributed by atoms with Crippen molar-refractivity contribution in [3.63, 3.8) is 0 Å². The van der Waals surface area contributed by atoms with Gasteiger partial charge in [0.2, 0.25) is 0 Å². The predicted octanol–water partition coefficient (Wildman–Crippen LogP) is 1.44. The number of furan rings is 1. The zero-order valence-electron chi connectivity index (χ0n) is 11.9. The first-order valence-corrected chi connectivity index (χ1v) is 6.93. The molecule has 0 aliphatic carbocycles. The molecular formula is C16H22NO3+. The van der Waals surface area contributed by atoms with Crippen molar-refractivity contribution >= 4 is 0 Å². The number of aliphatic hydroxyl groups excluding tert-OH is 2. The van der Waals surface area contributed by atoms with Crippen LogP contribution in [0.2, 0.25) is 0 Å². The minimum absolute atomic E-state index is 0.308. The molecule has 1 aromatic carbocycles. The highest BCUT2D eigenvalue weighted by Gasteiger charge is 2.08. The zero-order valence-corrected chi connectivity index (χ0v) is 11.9. The lowest BCUT2D eigenvalue weighted by Gasteiger charge is -2.05. The van der Waals surface area contributed by atoms with Crippen molar-refractivity contribution in [2.24, 2.45) is 0 Å². The molecule has 2 aromatic rings. The highest BCUT2D eigenvalue weighted by atomic mass is 16.3. The number of rotatable bonds is 6. The summed E-state index contributed by atoms with van der Waals surface area (Å²) in [6.45, 7) is 4.90. The second kappa shape index (κ2) is 6.70. The van der Waals surface area contributed by atoms with E-state index in [0.717, 1.165) is 29.2 Å². The quantitative estimate of drug-likeness (QED) is 0.748. The third-order valence-corrected chi connectivity index (χ3v) is 3.19. The van der Waals surface area contributed by atoms with Crippen molar-refractivity contribution in [1.29, 1.82) is 0 Å². The van der Waals surface area contributed by atoms with Crippen LogP contribution in [0, 0.1) is 0 Å². The molecule has 0 aliphatic heterocycles. The van der Waals surface area contributed by atoms with Crippen LogP contribution in [0.15, 0.2) is 40.8 Å². The summed E-state index contributed by atoms with van der Waals surface area (Å²) < 4.78 is 5.78. The molecule has 4 N–H and O–H groups in total. The number of hydrogen-bond acceptors (Lipinski definition) is 3. The zero-order chi connectivity index (χ0) is 14.5. The Kier molecular flexibility index (Phi) is 4.95. The molecule has 0 spiro atoms. The third-order valence-electron chi connectivity index (χ3n) is 3.19. The minimum atomic E-state index is -0.453. The molecule has 2 rings (SSSR count). The largest absolute Gasteiger partial charge is 0.455 e. The van der Waals surface area contributed by atoms with Crippen LogP contribution in [0.1, 0.15) is 31.3 Å². The molecule has 2 atom stereocenters. The van der Waals surface area contributed by atoms with Crippen LogP contribution in [0.4, 0.5) is 0 Å². The van der Waals surface area contributed by atoms with Gasteiger partial charge in [-0.1, -0.05) is 24.3 Å². The van der Waals surface area contributed by atoms with E-state index < -0.39 is 6.10 Å². The Morgan fingerprint density at radius 3 is 2.35 bits per heavy atom. The van der Waals surface area contributed by atoms with Crippen molar-refractivity contribution in [2.45, 2.75) is 32.6 Å². The lowest BCUT2D eigenvalue weighted by Crippen LogP contribution is -2.84. The number of quaternary nitrogens is 1. The highest BCUT2D eigenvalue weighted by molar-refractivity contribution is 5.58. The van der Waals surface area contributed by atoms with Crippen molar-refractivity contribution in [1.82, 2.24) is 0 Å². The van der Waals surface area contributed by atoms with Gasteiger partial charge < -0.3 is 19.9 Å². The van der Waals surface area contributed by atoms with E-state index in [9.17, 15) is 10.2 Å². The van der Waals surface area contributed by atoms with E-state index in [1.807, 2.05) is 41.7 Å². The second-order valence-electron chi connectivity index (χ2n) is 5.14. The van der Waals surface area contributed by atoms with E-state index in [1.165, 1.54) is 0 Å². The second-order valence-corrected chi connectivity index (χ2v) is 5.14. The standard InChI is InChI=1S/C16H21NO3/c1-11(18)9-17-10-15-7-8-16(20-15)14-5-3-13(4-6-14)12(2)19/h3-8,11-12,17-19H,9-10H2,1-2H3/p+1/t11-,12+/m0/s1. The average Bonchev–Trinajstić information content (AvgIpc) is 2.87. The van der Waals surface area contributed by atoms with Crippen LogP contribution in [0.25, 0.3) is 11.3 Å². The maximum atomic E-state index is 9.48. The van der Waals surface area contributed by atoms with E-state index in [0.29, 0.717) is 6.54 Å². The molecule has 0 radical (unpaired) electrons. The third kappa shape index (κ3) is 3.93. The van der Waals surface area contributed by atoms with Gasteiger partial charge in [0.1, 0.15) is 18.8 Å². The fraction of sp³-hybridized carbons (Fsp3) is 0.375. The SMILES string of the molecule is C[C@H](O)C[NH2+]Cc1ccc(-c2ccc([C@@H](C)O)cc2)o1. The number of benzene rings is 1. The molecule has 0 saturated heterocycles. The highest BCUT2D eigenvalue weighted by Crippen LogP contribution is 2.23. The smallest absolute Gasteiger partial charge is 0.158 e. The van der Waals surface area contributed by atoms with Gasteiger partial charge in [-0.2, -0.15) is 0 Å². The van der Waals surface area contributed by atoms with Crippen LogP contribution >= 0.6 is 0 Å². The summed E-state index contributed by atoms with van der Waals surface area (Å²) in [5, 5.41) is 20.7. The summed E-state index contributed by atoms with van der Waals surface area (Å²) >= 11 is 0. The lowest BCUT2D eigenvalue weighted by atomic mass is 10.1. The molecule has 1 aromatic heterocycles. The van der Waals surface area contributed by atoms with Gasteiger partial charge in [0, 0.05) is 5.56 Å². The average molecular weight is 276 g/mol. The Bertz CT molecular complexity index is 529. The molecule has 0 amide bonds. The van der Waals surface area contributed by atoms with E-state index in [-0.39, 0.29) is 6.10 Å². The first kappa shape index (κ1) is 14.8. The summed E-state index contributed by atoms with van der Waals surface area (Å²) in [5.41, 5.74) is 1.89. The van der Waals surface area contributed by atoms with Crippen molar-refractivity contribution in [3.05, 3.63) is 47.7 Å². The fourth-order valence-electron chi connectivity index (χ4n) is 2.04. The Hall–Kier alpha value is -1.62. The summed E-state index contributed by atoms with van der Waals surface area (Å²) in [5.74, 6) is 1.71. The first-order chi connectivity index (χ1) is 9.56. The molecule has 0 bridgehead atoms. The molecular weight excluding hydrogens is 254 g/mol. The van der Waals surface area contributed by atoms with Crippen LogP contribution in [0.5, 0.6) is 0 Å². The van der Waals surface area contributed by atoms with Crippen molar-refractivity contribution in [2.75, 3.05) is 6.54 Å². The number of hydrogen-bond donors (Lipinski definition) is 3. The van der Waals surface area contributed by atoms with Crippen LogP contribution in [-0.4, -0.2) is 22.9 Å². The topological polar surface area (TPSA) is 70.2 Å². The Morgan fingerprint density at radius 2 is 1.75 bits per heavy atom. The van der Waals surface area contributed by atoms with Crippen LogP contribution in [0.3, 0.4) is 0 Å². The molecule has 4 nitrogen and oxygen atoms in total. The molecule has 20 heavy (non-hydrogen) atoms. The number of nitrogens with two attached hydrogens (primary N) is 1. The molecule has 0 unspecified atom stereocenters. The Balaban J connectivity index is 2.01. The summed E-state index contributed by atoms with van der Waals surface area (Å²) in [6.07, 6.45) is -0.760. The molecule has 0 aliphatic rings. The van der Waals surface area contributed by atoms with Gasteiger partial charge in [0.25, 0.3) is 0 Å². The van der Waals surface area contributed by atoms with Gasteiger partial charge >= 0.3 is 0 Å². The summed E-state index contributed by atoms with van der Waals surface area (Å²) in [6, 6.07) is 11.6. The summed E-state index contributed by atoms with van der Waals surface area (Å²) in [7, 11) is 0. The monoisotopic (exact) mass is 276 g/mol. The lowest BCUT2D eigenvalue weighted by molar-refractivity contribution is -0.677. The molecule has 108 valence electrons. The molecule has 4 heteroatoms. The maximum absolute atomic E-state index is 9.48. The molecule has 0 saturated carbocycles. The first-order valence-electron chi connectivity index (χ1n) is 6.93. The van der Waals surface area contributed by atoms with Gasteiger partial charge in [-0.25, -0.2) is 0 Å². The number of aliphatic hydroxyl groups is 2. The van der Waals surface area contributed by atoms with E-state index in [1.54, 1.807) is 13.8 Å². The van der Waals surface area contributed by atoms with Gasteiger partial charge in [-0.15, -0.1) is 0 Å². The van der Waals surface area contributed by atoms with Crippen LogP contribution < -0.4 is 5.32 Å².